The van der Waals surface area contributed by atoms with Gasteiger partial charge in [0.1, 0.15) is 4.88 Å². The van der Waals surface area contributed by atoms with Crippen molar-refractivity contribution in [1.29, 1.82) is 0 Å². The maximum Gasteiger partial charge on any atom is 0.267 e. The third-order valence-corrected chi connectivity index (χ3v) is 3.50. The predicted molar refractivity (Wildman–Crippen MR) is 62.1 cm³/mol. The largest absolute Gasteiger partial charge is 0.358 e. The van der Waals surface area contributed by atoms with Crippen molar-refractivity contribution < 1.29 is 4.79 Å². The molecular formula is C11H8N2OS. The summed E-state index contributed by atoms with van der Waals surface area (Å²) in [5.41, 5.74) is 0.904. The first kappa shape index (κ1) is 8.49. The lowest BCUT2D eigenvalue weighted by Gasteiger charge is -1.98. The number of rotatable bonds is 0. The zero-order valence-electron chi connectivity index (χ0n) is 7.78. The van der Waals surface area contributed by atoms with Gasteiger partial charge in [-0.3, -0.25) is 4.79 Å². The van der Waals surface area contributed by atoms with E-state index in [-0.39, 0.29) is 5.91 Å². The van der Waals surface area contributed by atoms with Crippen LogP contribution in [0.25, 0.3) is 10.1 Å². The summed E-state index contributed by atoms with van der Waals surface area (Å²) >= 11 is 1.51. The molecule has 1 aromatic heterocycles. The number of carbonyl (C=O) groups excluding carboxylic acids is 1. The number of fused-ring (bicyclic) bond motifs is 3. The Balaban J connectivity index is 2.35. The van der Waals surface area contributed by atoms with Crippen LogP contribution < -0.4 is 10.6 Å². The zero-order valence-corrected chi connectivity index (χ0v) is 8.60. The SMILES string of the molecule is O=C1NC=CNc2c1sc1ccccc21. The number of amides is 1. The zero-order chi connectivity index (χ0) is 10.3. The molecule has 3 nitrogen and oxygen atoms in total. The van der Waals surface area contributed by atoms with Crippen LogP contribution in [-0.2, 0) is 0 Å². The number of nitrogens with one attached hydrogen (secondary N) is 2. The Labute approximate surface area is 90.4 Å². The second-order valence-corrected chi connectivity index (χ2v) is 4.31. The summed E-state index contributed by atoms with van der Waals surface area (Å²) < 4.78 is 1.13. The first-order valence-electron chi connectivity index (χ1n) is 4.60. The lowest BCUT2D eigenvalue weighted by molar-refractivity contribution is 0.0975. The smallest absolute Gasteiger partial charge is 0.267 e. The summed E-state index contributed by atoms with van der Waals surface area (Å²) in [7, 11) is 0. The molecule has 1 aromatic carbocycles. The molecule has 0 aliphatic carbocycles. The fourth-order valence-electron chi connectivity index (χ4n) is 1.66. The Morgan fingerprint density at radius 2 is 1.87 bits per heavy atom. The predicted octanol–water partition coefficient (Wildman–Crippen LogP) is 2.53. The molecule has 1 aliphatic heterocycles. The quantitative estimate of drug-likeness (QED) is 0.710. The molecule has 2 N–H and O–H groups in total. The first-order chi connectivity index (χ1) is 7.36. The van der Waals surface area contributed by atoms with Crippen LogP contribution in [0, 0.1) is 0 Å². The van der Waals surface area contributed by atoms with Gasteiger partial charge < -0.3 is 10.6 Å². The van der Waals surface area contributed by atoms with Crippen molar-refractivity contribution in [2.45, 2.75) is 0 Å². The average Bonchev–Trinajstić information content (AvgIpc) is 2.54. The molecule has 0 atom stereocenters. The van der Waals surface area contributed by atoms with E-state index in [0.717, 1.165) is 20.7 Å². The van der Waals surface area contributed by atoms with Crippen molar-refractivity contribution in [1.82, 2.24) is 5.32 Å². The molecule has 0 radical (unpaired) electrons. The summed E-state index contributed by atoms with van der Waals surface area (Å²) in [4.78, 5) is 12.4. The van der Waals surface area contributed by atoms with Crippen molar-refractivity contribution >= 4 is 33.0 Å². The van der Waals surface area contributed by atoms with E-state index >= 15 is 0 Å². The first-order valence-corrected chi connectivity index (χ1v) is 5.42. The highest BCUT2D eigenvalue weighted by atomic mass is 32.1. The molecule has 0 fully saturated rings. The molecule has 0 bridgehead atoms. The summed E-state index contributed by atoms with van der Waals surface area (Å²) in [5.74, 6) is -0.0487. The highest BCUT2D eigenvalue weighted by molar-refractivity contribution is 7.21. The Morgan fingerprint density at radius 3 is 2.80 bits per heavy atom. The molecule has 0 saturated carbocycles. The molecule has 4 heteroatoms. The number of thiophene rings is 1. The van der Waals surface area contributed by atoms with Crippen LogP contribution in [0.1, 0.15) is 9.67 Å². The highest BCUT2D eigenvalue weighted by Gasteiger charge is 2.18. The van der Waals surface area contributed by atoms with Gasteiger partial charge in [0.2, 0.25) is 0 Å². The molecule has 0 unspecified atom stereocenters. The summed E-state index contributed by atoms with van der Waals surface area (Å²) in [6.07, 6.45) is 3.35. The Morgan fingerprint density at radius 1 is 1.07 bits per heavy atom. The fourth-order valence-corrected chi connectivity index (χ4v) is 2.73. The highest BCUT2D eigenvalue weighted by Crippen LogP contribution is 2.36. The van der Waals surface area contributed by atoms with Crippen LogP contribution in [-0.4, -0.2) is 5.91 Å². The Kier molecular flexibility index (Phi) is 1.76. The molecule has 1 aliphatic rings. The van der Waals surface area contributed by atoms with Crippen molar-refractivity contribution in [3.8, 4) is 0 Å². The van der Waals surface area contributed by atoms with Crippen molar-refractivity contribution in [3.63, 3.8) is 0 Å². The average molecular weight is 216 g/mol. The molecule has 2 heterocycles. The third-order valence-electron chi connectivity index (χ3n) is 2.33. The maximum absolute atomic E-state index is 11.7. The number of hydrogen-bond donors (Lipinski definition) is 2. The van der Waals surface area contributed by atoms with Gasteiger partial charge in [0.25, 0.3) is 5.91 Å². The van der Waals surface area contributed by atoms with Crippen LogP contribution in [0.3, 0.4) is 0 Å². The summed E-state index contributed by atoms with van der Waals surface area (Å²) in [5, 5.41) is 6.91. The molecule has 15 heavy (non-hydrogen) atoms. The van der Waals surface area contributed by atoms with Crippen LogP contribution in [0.2, 0.25) is 0 Å². The maximum atomic E-state index is 11.7. The lowest BCUT2D eigenvalue weighted by Crippen LogP contribution is -2.14. The van der Waals surface area contributed by atoms with Crippen molar-refractivity contribution in [2.75, 3.05) is 5.32 Å². The van der Waals surface area contributed by atoms with Gasteiger partial charge in [0, 0.05) is 22.5 Å². The monoisotopic (exact) mass is 216 g/mol. The van der Waals surface area contributed by atoms with E-state index in [1.807, 2.05) is 24.3 Å². The minimum absolute atomic E-state index is 0.0487. The van der Waals surface area contributed by atoms with E-state index < -0.39 is 0 Å². The minimum atomic E-state index is -0.0487. The Hall–Kier alpha value is -1.81. The second kappa shape index (κ2) is 3.10. The molecular weight excluding hydrogens is 208 g/mol. The van der Waals surface area contributed by atoms with E-state index in [9.17, 15) is 4.79 Å². The molecule has 1 amide bonds. The van der Waals surface area contributed by atoms with Gasteiger partial charge in [-0.15, -0.1) is 11.3 Å². The second-order valence-electron chi connectivity index (χ2n) is 3.25. The normalized spacial score (nSPS) is 14.3. The number of carbonyl (C=O) groups is 1. The number of anilines is 1. The van der Waals surface area contributed by atoms with Crippen molar-refractivity contribution in [2.24, 2.45) is 0 Å². The minimum Gasteiger partial charge on any atom is -0.358 e. The van der Waals surface area contributed by atoms with Crippen LogP contribution in [0.5, 0.6) is 0 Å². The summed E-state index contributed by atoms with van der Waals surface area (Å²) in [6, 6.07) is 7.99. The van der Waals surface area contributed by atoms with Crippen LogP contribution in [0.4, 0.5) is 5.69 Å². The van der Waals surface area contributed by atoms with Gasteiger partial charge in [-0.25, -0.2) is 0 Å². The topological polar surface area (TPSA) is 41.1 Å². The number of benzene rings is 1. The van der Waals surface area contributed by atoms with Crippen LogP contribution >= 0.6 is 11.3 Å². The van der Waals surface area contributed by atoms with Gasteiger partial charge in [0.15, 0.2) is 0 Å². The van der Waals surface area contributed by atoms with E-state index in [2.05, 4.69) is 10.6 Å². The van der Waals surface area contributed by atoms with Gasteiger partial charge in [-0.1, -0.05) is 18.2 Å². The van der Waals surface area contributed by atoms with E-state index in [1.54, 1.807) is 12.4 Å². The Bertz CT molecular complexity index is 571. The summed E-state index contributed by atoms with van der Waals surface area (Å²) in [6.45, 7) is 0. The molecule has 0 spiro atoms. The van der Waals surface area contributed by atoms with E-state index in [0.29, 0.717) is 0 Å². The molecule has 74 valence electrons. The van der Waals surface area contributed by atoms with Crippen LogP contribution in [0.15, 0.2) is 36.7 Å². The standard InChI is InChI=1S/C11H8N2OS/c14-11-10-9(12-5-6-13-11)7-3-1-2-4-8(7)15-10/h1-6,12H,(H,13,14). The molecule has 3 rings (SSSR count). The number of hydrogen-bond acceptors (Lipinski definition) is 3. The van der Waals surface area contributed by atoms with E-state index in [1.165, 1.54) is 11.3 Å². The van der Waals surface area contributed by atoms with Gasteiger partial charge in [-0.05, 0) is 6.07 Å². The lowest BCUT2D eigenvalue weighted by atomic mass is 10.2. The molecule has 2 aromatic rings. The fraction of sp³-hybridized carbons (Fsp3) is 0. The van der Waals surface area contributed by atoms with Crippen molar-refractivity contribution in [3.05, 3.63) is 41.5 Å². The van der Waals surface area contributed by atoms with Gasteiger partial charge in [-0.2, -0.15) is 0 Å². The molecule has 0 saturated heterocycles. The third kappa shape index (κ3) is 1.22. The van der Waals surface area contributed by atoms with Gasteiger partial charge in [0.05, 0.1) is 5.69 Å². The van der Waals surface area contributed by atoms with Gasteiger partial charge >= 0.3 is 0 Å². The van der Waals surface area contributed by atoms with E-state index in [4.69, 9.17) is 0 Å².